The van der Waals surface area contributed by atoms with E-state index in [1.165, 1.54) is 17.7 Å². The van der Waals surface area contributed by atoms with E-state index >= 15 is 0 Å². The Morgan fingerprint density at radius 1 is 1.25 bits per heavy atom. The third kappa shape index (κ3) is 2.01. The molecule has 0 spiro atoms. The highest BCUT2D eigenvalue weighted by molar-refractivity contribution is 5.87. The van der Waals surface area contributed by atoms with Crippen molar-refractivity contribution in [3.8, 4) is 0 Å². The molecule has 0 saturated carbocycles. The van der Waals surface area contributed by atoms with Gasteiger partial charge in [0.1, 0.15) is 5.82 Å². The Kier molecular flexibility index (Phi) is 3.30. The number of aromatic nitrogens is 2. The van der Waals surface area contributed by atoms with Crippen LogP contribution in [0.4, 0.5) is 11.5 Å². The first-order valence-electron chi connectivity index (χ1n) is 7.06. The van der Waals surface area contributed by atoms with Crippen LogP contribution in [0.2, 0.25) is 0 Å². The van der Waals surface area contributed by atoms with Gasteiger partial charge in [0.2, 0.25) is 0 Å². The summed E-state index contributed by atoms with van der Waals surface area (Å²) in [6.45, 7) is 2.81. The zero-order valence-electron chi connectivity index (χ0n) is 12.0. The number of para-hydroxylation sites is 1. The van der Waals surface area contributed by atoms with E-state index in [-0.39, 0.29) is 0 Å². The van der Waals surface area contributed by atoms with Gasteiger partial charge in [0, 0.05) is 19.3 Å². The minimum atomic E-state index is 0.698. The fourth-order valence-electron chi connectivity index (χ4n) is 3.03. The molecule has 0 atom stereocenters. The first kappa shape index (κ1) is 12.9. The average Bonchev–Trinajstić information content (AvgIpc) is 2.63. The number of aldehydes is 1. The van der Waals surface area contributed by atoms with Crippen molar-refractivity contribution < 1.29 is 4.79 Å². The molecular weight excluding hydrogens is 250 g/mol. The molecular formula is C16H19N3O. The van der Waals surface area contributed by atoms with E-state index in [1.54, 1.807) is 0 Å². The number of anilines is 2. The topological polar surface area (TPSA) is 38.1 Å². The third-order valence-corrected chi connectivity index (χ3v) is 3.97. The van der Waals surface area contributed by atoms with Gasteiger partial charge in [0.05, 0.1) is 11.3 Å². The molecule has 0 N–H and O–H groups in total. The van der Waals surface area contributed by atoms with Crippen molar-refractivity contribution in [3.05, 3.63) is 41.1 Å². The first-order valence-corrected chi connectivity index (χ1v) is 7.06. The van der Waals surface area contributed by atoms with Gasteiger partial charge in [0.15, 0.2) is 6.29 Å². The number of fused-ring (bicyclic) bond motifs is 1. The molecule has 20 heavy (non-hydrogen) atoms. The van der Waals surface area contributed by atoms with Crippen LogP contribution in [-0.4, -0.2) is 22.6 Å². The van der Waals surface area contributed by atoms with Crippen molar-refractivity contribution in [2.24, 2.45) is 7.05 Å². The van der Waals surface area contributed by atoms with Gasteiger partial charge in [0.25, 0.3) is 0 Å². The fraction of sp³-hybridized carbons (Fsp3) is 0.375. The molecule has 4 nitrogen and oxygen atoms in total. The maximum absolute atomic E-state index is 11.4. The van der Waals surface area contributed by atoms with E-state index in [2.05, 4.69) is 34.3 Å². The Morgan fingerprint density at radius 2 is 2.05 bits per heavy atom. The SMILES string of the molecule is Cc1nn(C)c(N2CCCCc3ccccc32)c1C=O. The van der Waals surface area contributed by atoms with E-state index < -0.39 is 0 Å². The van der Waals surface area contributed by atoms with Gasteiger partial charge in [-0.15, -0.1) is 0 Å². The molecule has 0 aliphatic carbocycles. The van der Waals surface area contributed by atoms with Crippen LogP contribution in [0.3, 0.4) is 0 Å². The van der Waals surface area contributed by atoms with Crippen molar-refractivity contribution in [2.75, 3.05) is 11.4 Å². The van der Waals surface area contributed by atoms with Gasteiger partial charge >= 0.3 is 0 Å². The highest BCUT2D eigenvalue weighted by Gasteiger charge is 2.23. The number of carbonyl (C=O) groups is 1. The Bertz CT molecular complexity index is 645. The molecule has 0 amide bonds. The van der Waals surface area contributed by atoms with Crippen molar-refractivity contribution in [1.29, 1.82) is 0 Å². The standard InChI is InChI=1S/C16H19N3O/c1-12-14(11-20)16(18(2)17-12)19-10-6-5-8-13-7-3-4-9-15(13)19/h3-4,7,9,11H,5-6,8,10H2,1-2H3. The zero-order valence-corrected chi connectivity index (χ0v) is 12.0. The van der Waals surface area contributed by atoms with Crippen molar-refractivity contribution >= 4 is 17.8 Å². The average molecular weight is 269 g/mol. The molecule has 0 unspecified atom stereocenters. The van der Waals surface area contributed by atoms with E-state index in [1.807, 2.05) is 18.7 Å². The predicted molar refractivity (Wildman–Crippen MR) is 79.7 cm³/mol. The smallest absolute Gasteiger partial charge is 0.155 e. The molecule has 1 aliphatic rings. The Morgan fingerprint density at radius 3 is 2.85 bits per heavy atom. The number of benzene rings is 1. The first-order chi connectivity index (χ1) is 9.72. The summed E-state index contributed by atoms with van der Waals surface area (Å²) in [6, 6.07) is 8.45. The molecule has 0 radical (unpaired) electrons. The van der Waals surface area contributed by atoms with Gasteiger partial charge in [-0.1, -0.05) is 18.2 Å². The molecule has 3 rings (SSSR count). The maximum Gasteiger partial charge on any atom is 0.155 e. The van der Waals surface area contributed by atoms with Gasteiger partial charge < -0.3 is 4.90 Å². The maximum atomic E-state index is 11.4. The van der Waals surface area contributed by atoms with Crippen LogP contribution in [0.1, 0.15) is 34.5 Å². The second kappa shape index (κ2) is 5.12. The highest BCUT2D eigenvalue weighted by Crippen LogP contribution is 2.34. The monoisotopic (exact) mass is 269 g/mol. The number of aryl methyl sites for hydroxylation is 3. The lowest BCUT2D eigenvalue weighted by molar-refractivity contribution is 0.112. The van der Waals surface area contributed by atoms with Crippen LogP contribution in [0.5, 0.6) is 0 Å². The summed E-state index contributed by atoms with van der Waals surface area (Å²) in [5.74, 6) is 0.909. The normalized spacial score (nSPS) is 14.8. The number of rotatable bonds is 2. The lowest BCUT2D eigenvalue weighted by atomic mass is 10.1. The summed E-state index contributed by atoms with van der Waals surface area (Å²) in [4.78, 5) is 13.7. The molecule has 1 aromatic heterocycles. The molecule has 1 aliphatic heterocycles. The van der Waals surface area contributed by atoms with Gasteiger partial charge in [-0.3, -0.25) is 9.48 Å². The van der Waals surface area contributed by atoms with Crippen LogP contribution >= 0.6 is 0 Å². The summed E-state index contributed by atoms with van der Waals surface area (Å²) in [5.41, 5.74) is 4.04. The van der Waals surface area contributed by atoms with Crippen molar-refractivity contribution in [3.63, 3.8) is 0 Å². The van der Waals surface area contributed by atoms with Gasteiger partial charge in [-0.2, -0.15) is 5.10 Å². The van der Waals surface area contributed by atoms with Crippen molar-refractivity contribution in [2.45, 2.75) is 26.2 Å². The summed E-state index contributed by atoms with van der Waals surface area (Å²) in [5, 5.41) is 4.40. The minimum absolute atomic E-state index is 0.698. The van der Waals surface area contributed by atoms with Crippen LogP contribution in [0, 0.1) is 6.92 Å². The quantitative estimate of drug-likeness (QED) is 0.787. The number of hydrogen-bond acceptors (Lipinski definition) is 3. The lowest BCUT2D eigenvalue weighted by Crippen LogP contribution is -2.22. The molecule has 4 heteroatoms. The predicted octanol–water partition coefficient (Wildman–Crippen LogP) is 3.02. The minimum Gasteiger partial charge on any atom is -0.326 e. The molecule has 0 fully saturated rings. The lowest BCUT2D eigenvalue weighted by Gasteiger charge is -2.25. The summed E-state index contributed by atoms with van der Waals surface area (Å²) in [7, 11) is 1.91. The van der Waals surface area contributed by atoms with Crippen LogP contribution in [0.15, 0.2) is 24.3 Å². The van der Waals surface area contributed by atoms with Crippen LogP contribution in [0.25, 0.3) is 0 Å². The number of carbonyl (C=O) groups excluding carboxylic acids is 1. The largest absolute Gasteiger partial charge is 0.326 e. The molecule has 1 aromatic carbocycles. The zero-order chi connectivity index (χ0) is 14.1. The molecule has 2 aromatic rings. The second-order valence-corrected chi connectivity index (χ2v) is 5.30. The molecule has 0 bridgehead atoms. The number of hydrogen-bond donors (Lipinski definition) is 0. The van der Waals surface area contributed by atoms with E-state index in [4.69, 9.17) is 0 Å². The van der Waals surface area contributed by atoms with Gasteiger partial charge in [-0.25, -0.2) is 0 Å². The third-order valence-electron chi connectivity index (χ3n) is 3.97. The van der Waals surface area contributed by atoms with Crippen LogP contribution in [-0.2, 0) is 13.5 Å². The summed E-state index contributed by atoms with van der Waals surface area (Å²) in [6.07, 6.45) is 4.32. The summed E-state index contributed by atoms with van der Waals surface area (Å²) < 4.78 is 1.82. The Hall–Kier alpha value is -2.10. The Labute approximate surface area is 119 Å². The molecule has 104 valence electrons. The molecule has 2 heterocycles. The fourth-order valence-corrected chi connectivity index (χ4v) is 3.03. The second-order valence-electron chi connectivity index (χ2n) is 5.30. The highest BCUT2D eigenvalue weighted by atomic mass is 16.1. The Balaban J connectivity index is 2.17. The summed E-state index contributed by atoms with van der Waals surface area (Å²) >= 11 is 0. The van der Waals surface area contributed by atoms with Crippen LogP contribution < -0.4 is 4.90 Å². The van der Waals surface area contributed by atoms with Gasteiger partial charge in [-0.05, 0) is 37.8 Å². The van der Waals surface area contributed by atoms with Crippen molar-refractivity contribution in [1.82, 2.24) is 9.78 Å². The number of nitrogens with zero attached hydrogens (tertiary/aromatic N) is 3. The van der Waals surface area contributed by atoms with E-state index in [9.17, 15) is 4.79 Å². The van der Waals surface area contributed by atoms with E-state index in [0.717, 1.165) is 37.2 Å². The molecule has 0 saturated heterocycles. The van der Waals surface area contributed by atoms with E-state index in [0.29, 0.717) is 5.56 Å².